The molecule has 3 nitrogen and oxygen atoms in total. The number of methoxy groups -OCH3 is 1. The summed E-state index contributed by atoms with van der Waals surface area (Å²) in [7, 11) is 1.55. The lowest BCUT2D eigenvalue weighted by molar-refractivity contribution is 0.103. The van der Waals surface area contributed by atoms with Crippen LogP contribution in [0.3, 0.4) is 0 Å². The maximum absolute atomic E-state index is 12.7. The molecule has 1 aliphatic heterocycles. The van der Waals surface area contributed by atoms with E-state index in [-0.39, 0.29) is 5.78 Å². The van der Waals surface area contributed by atoms with Crippen LogP contribution in [0.25, 0.3) is 0 Å². The van der Waals surface area contributed by atoms with E-state index < -0.39 is 0 Å². The van der Waals surface area contributed by atoms with Crippen LogP contribution >= 0.6 is 11.6 Å². The van der Waals surface area contributed by atoms with Gasteiger partial charge in [0.15, 0.2) is 0 Å². The fourth-order valence-corrected chi connectivity index (χ4v) is 2.66. The smallest absolute Gasteiger partial charge is 0.200 e. The first-order valence-corrected chi connectivity index (χ1v) is 6.71. The normalized spacial score (nSPS) is 12.7. The van der Waals surface area contributed by atoms with E-state index in [0.29, 0.717) is 34.3 Å². The first kappa shape index (κ1) is 13.0. The van der Waals surface area contributed by atoms with Gasteiger partial charge in [-0.3, -0.25) is 4.79 Å². The van der Waals surface area contributed by atoms with Crippen molar-refractivity contribution in [2.45, 2.75) is 6.42 Å². The van der Waals surface area contributed by atoms with Crippen molar-refractivity contribution >= 4 is 17.4 Å². The van der Waals surface area contributed by atoms with Crippen LogP contribution in [-0.2, 0) is 6.42 Å². The van der Waals surface area contributed by atoms with Crippen molar-refractivity contribution in [3.05, 3.63) is 58.1 Å². The van der Waals surface area contributed by atoms with Crippen LogP contribution in [0.1, 0.15) is 21.5 Å². The van der Waals surface area contributed by atoms with Crippen LogP contribution in [0.2, 0.25) is 5.02 Å². The highest BCUT2D eigenvalue weighted by Crippen LogP contribution is 2.35. The number of para-hydroxylation sites is 1. The van der Waals surface area contributed by atoms with Crippen molar-refractivity contribution in [1.29, 1.82) is 0 Å². The second kappa shape index (κ2) is 5.17. The number of carbonyl (C=O) groups is 1. The Hall–Kier alpha value is -2.00. The Bertz CT molecular complexity index is 679. The molecule has 0 N–H and O–H groups in total. The highest BCUT2D eigenvalue weighted by Gasteiger charge is 2.24. The maximum Gasteiger partial charge on any atom is 0.200 e. The third-order valence-corrected chi connectivity index (χ3v) is 3.56. The highest BCUT2D eigenvalue weighted by atomic mass is 35.5. The topological polar surface area (TPSA) is 35.5 Å². The molecule has 1 heterocycles. The van der Waals surface area contributed by atoms with Crippen molar-refractivity contribution in [3.8, 4) is 11.5 Å². The molecule has 20 heavy (non-hydrogen) atoms. The lowest BCUT2D eigenvalue weighted by atomic mass is 9.99. The molecule has 1 aliphatic rings. The molecule has 0 unspecified atom stereocenters. The zero-order valence-corrected chi connectivity index (χ0v) is 11.7. The van der Waals surface area contributed by atoms with E-state index in [1.165, 1.54) is 0 Å². The monoisotopic (exact) mass is 288 g/mol. The Labute approximate surface area is 122 Å². The zero-order chi connectivity index (χ0) is 14.1. The van der Waals surface area contributed by atoms with Crippen LogP contribution in [0, 0.1) is 0 Å². The molecule has 0 saturated heterocycles. The molecule has 0 atom stereocenters. The molecule has 0 radical (unpaired) electrons. The minimum absolute atomic E-state index is 0.136. The third-order valence-electron chi connectivity index (χ3n) is 3.34. The predicted octanol–water partition coefficient (Wildman–Crippen LogP) is 3.51. The van der Waals surface area contributed by atoms with E-state index >= 15 is 0 Å². The van der Waals surface area contributed by atoms with E-state index in [9.17, 15) is 4.79 Å². The van der Waals surface area contributed by atoms with Crippen LogP contribution in [0.4, 0.5) is 0 Å². The second-order valence-electron chi connectivity index (χ2n) is 4.57. The Morgan fingerprint density at radius 1 is 1.25 bits per heavy atom. The fraction of sp³-hybridized carbons (Fsp3) is 0.188. The summed E-state index contributed by atoms with van der Waals surface area (Å²) in [5.41, 5.74) is 1.99. The lowest BCUT2D eigenvalue weighted by Crippen LogP contribution is -2.06. The molecular formula is C16H13ClO3. The van der Waals surface area contributed by atoms with E-state index in [1.54, 1.807) is 31.4 Å². The summed E-state index contributed by atoms with van der Waals surface area (Å²) < 4.78 is 10.8. The summed E-state index contributed by atoms with van der Waals surface area (Å²) >= 11 is 6.09. The van der Waals surface area contributed by atoms with Gasteiger partial charge in [-0.25, -0.2) is 0 Å². The van der Waals surface area contributed by atoms with E-state index in [4.69, 9.17) is 21.1 Å². The Morgan fingerprint density at radius 3 is 2.85 bits per heavy atom. The molecular weight excluding hydrogens is 276 g/mol. The minimum Gasteiger partial charge on any atom is -0.496 e. The molecule has 0 saturated carbocycles. The number of rotatable bonds is 3. The maximum atomic E-state index is 12.7. The quantitative estimate of drug-likeness (QED) is 0.811. The van der Waals surface area contributed by atoms with E-state index in [2.05, 4.69) is 0 Å². The number of fused-ring (bicyclic) bond motifs is 1. The molecule has 2 aromatic carbocycles. The molecule has 0 fully saturated rings. The molecule has 102 valence electrons. The molecule has 4 heteroatoms. The zero-order valence-electron chi connectivity index (χ0n) is 11.0. The Morgan fingerprint density at radius 2 is 2.05 bits per heavy atom. The number of hydrogen-bond donors (Lipinski definition) is 0. The van der Waals surface area contributed by atoms with Gasteiger partial charge in [0, 0.05) is 11.4 Å². The summed E-state index contributed by atoms with van der Waals surface area (Å²) in [6.07, 6.45) is 0.780. The van der Waals surface area contributed by atoms with Crippen LogP contribution < -0.4 is 9.47 Å². The van der Waals surface area contributed by atoms with Gasteiger partial charge in [-0.2, -0.15) is 0 Å². The van der Waals surface area contributed by atoms with Gasteiger partial charge in [0.1, 0.15) is 11.5 Å². The first-order valence-electron chi connectivity index (χ1n) is 6.33. The van der Waals surface area contributed by atoms with Gasteiger partial charge in [-0.05, 0) is 29.8 Å². The van der Waals surface area contributed by atoms with Gasteiger partial charge in [0.05, 0.1) is 24.8 Å². The molecule has 0 bridgehead atoms. The average molecular weight is 289 g/mol. The molecule has 3 rings (SSSR count). The van der Waals surface area contributed by atoms with Gasteiger partial charge in [0.2, 0.25) is 5.78 Å². The van der Waals surface area contributed by atoms with Crippen molar-refractivity contribution in [2.75, 3.05) is 13.7 Å². The Balaban J connectivity index is 2.12. The summed E-state index contributed by atoms with van der Waals surface area (Å²) in [5, 5.41) is 0.549. The number of ether oxygens (including phenoxy) is 2. The number of hydrogen-bond acceptors (Lipinski definition) is 3. The SMILES string of the molecule is COc1ccccc1C(=O)c1cc(Cl)cc2c1OCC2. The summed E-state index contributed by atoms with van der Waals surface area (Å²) in [6.45, 7) is 0.585. The summed E-state index contributed by atoms with van der Waals surface area (Å²) in [4.78, 5) is 12.7. The van der Waals surface area contributed by atoms with Crippen molar-refractivity contribution in [1.82, 2.24) is 0 Å². The Kier molecular flexibility index (Phi) is 3.36. The number of benzene rings is 2. The molecule has 0 spiro atoms. The molecule has 2 aromatic rings. The van der Waals surface area contributed by atoms with Crippen LogP contribution in [0.5, 0.6) is 11.5 Å². The lowest BCUT2D eigenvalue weighted by Gasteiger charge is -2.10. The van der Waals surface area contributed by atoms with E-state index in [1.807, 2.05) is 12.1 Å². The van der Waals surface area contributed by atoms with Gasteiger partial charge < -0.3 is 9.47 Å². The second-order valence-corrected chi connectivity index (χ2v) is 5.01. The van der Waals surface area contributed by atoms with Gasteiger partial charge in [-0.1, -0.05) is 23.7 Å². The van der Waals surface area contributed by atoms with Gasteiger partial charge in [0.25, 0.3) is 0 Å². The third kappa shape index (κ3) is 2.14. The summed E-state index contributed by atoms with van der Waals surface area (Å²) in [5.74, 6) is 1.05. The minimum atomic E-state index is -0.136. The first-order chi connectivity index (χ1) is 9.70. The summed E-state index contributed by atoms with van der Waals surface area (Å²) in [6, 6.07) is 10.6. The van der Waals surface area contributed by atoms with E-state index in [0.717, 1.165) is 12.0 Å². The van der Waals surface area contributed by atoms with Crippen LogP contribution in [-0.4, -0.2) is 19.5 Å². The van der Waals surface area contributed by atoms with Crippen molar-refractivity contribution in [2.24, 2.45) is 0 Å². The fourth-order valence-electron chi connectivity index (χ4n) is 2.42. The standard InChI is InChI=1S/C16H13ClO3/c1-19-14-5-3-2-4-12(14)15(18)13-9-11(17)8-10-6-7-20-16(10)13/h2-5,8-9H,6-7H2,1H3. The van der Waals surface area contributed by atoms with Crippen molar-refractivity contribution < 1.29 is 14.3 Å². The highest BCUT2D eigenvalue weighted by molar-refractivity contribution is 6.31. The molecule has 0 aliphatic carbocycles. The molecule has 0 aromatic heterocycles. The number of ketones is 1. The largest absolute Gasteiger partial charge is 0.496 e. The average Bonchev–Trinajstić information content (AvgIpc) is 2.93. The predicted molar refractivity (Wildman–Crippen MR) is 77.1 cm³/mol. The number of carbonyl (C=O) groups excluding carboxylic acids is 1. The van der Waals surface area contributed by atoms with Crippen LogP contribution in [0.15, 0.2) is 36.4 Å². The molecule has 0 amide bonds. The van der Waals surface area contributed by atoms with Gasteiger partial charge >= 0.3 is 0 Å². The number of halogens is 1. The van der Waals surface area contributed by atoms with Crippen molar-refractivity contribution in [3.63, 3.8) is 0 Å². The van der Waals surface area contributed by atoms with Gasteiger partial charge in [-0.15, -0.1) is 0 Å².